The van der Waals surface area contributed by atoms with Crippen LogP contribution in [-0.2, 0) is 9.59 Å². The van der Waals surface area contributed by atoms with Gasteiger partial charge in [-0.3, -0.25) is 9.59 Å². The van der Waals surface area contributed by atoms with E-state index in [-0.39, 0.29) is 25.5 Å². The molecule has 110 valence electrons. The predicted octanol–water partition coefficient (Wildman–Crippen LogP) is 2.35. The number of halogens is 1. The molecule has 0 fully saturated rings. The van der Waals surface area contributed by atoms with Gasteiger partial charge in [0.2, 0.25) is 0 Å². The van der Waals surface area contributed by atoms with Crippen LogP contribution < -0.4 is 4.74 Å². The lowest BCUT2D eigenvalue weighted by Gasteiger charge is -2.20. The molecule has 1 amide bonds. The van der Waals surface area contributed by atoms with Gasteiger partial charge in [0.1, 0.15) is 5.75 Å². The zero-order chi connectivity index (χ0) is 15.1. The molecule has 0 unspecified atom stereocenters. The van der Waals surface area contributed by atoms with Crippen molar-refractivity contribution < 1.29 is 19.4 Å². The zero-order valence-corrected chi connectivity index (χ0v) is 12.3. The Balaban J connectivity index is 2.54. The maximum Gasteiger partial charge on any atom is 0.305 e. The van der Waals surface area contributed by atoms with Crippen molar-refractivity contribution in [2.24, 2.45) is 0 Å². The third-order valence-electron chi connectivity index (χ3n) is 2.82. The molecule has 1 N–H and O–H groups in total. The molecule has 0 saturated carbocycles. The molecule has 0 atom stereocenters. The highest BCUT2D eigenvalue weighted by atomic mass is 35.5. The molecular formula is C14H18ClNO4. The first-order valence-corrected chi connectivity index (χ1v) is 6.70. The molecule has 0 aromatic heterocycles. The van der Waals surface area contributed by atoms with Crippen molar-refractivity contribution in [1.29, 1.82) is 0 Å². The van der Waals surface area contributed by atoms with Gasteiger partial charge in [0.05, 0.1) is 6.42 Å². The standard InChI is InChI=1S/C14H18ClNO4/c1-3-16(7-6-14(18)19)13(17)9-20-12-5-4-11(15)8-10(12)2/h4-5,8H,3,6-7,9H2,1-2H3,(H,18,19). The van der Waals surface area contributed by atoms with Crippen molar-refractivity contribution in [2.45, 2.75) is 20.3 Å². The molecule has 1 aromatic rings. The Morgan fingerprint density at radius 1 is 1.40 bits per heavy atom. The Morgan fingerprint density at radius 2 is 2.10 bits per heavy atom. The molecule has 0 aliphatic heterocycles. The van der Waals surface area contributed by atoms with Gasteiger partial charge >= 0.3 is 5.97 Å². The summed E-state index contributed by atoms with van der Waals surface area (Å²) in [5.41, 5.74) is 0.846. The van der Waals surface area contributed by atoms with Crippen LogP contribution in [0, 0.1) is 6.92 Å². The number of carboxylic acid groups (broad SMARTS) is 1. The van der Waals surface area contributed by atoms with E-state index in [1.54, 1.807) is 25.1 Å². The highest BCUT2D eigenvalue weighted by Gasteiger charge is 2.14. The van der Waals surface area contributed by atoms with Crippen LogP contribution in [0.5, 0.6) is 5.75 Å². The number of hydrogen-bond donors (Lipinski definition) is 1. The average molecular weight is 300 g/mol. The van der Waals surface area contributed by atoms with E-state index < -0.39 is 5.97 Å². The normalized spacial score (nSPS) is 10.2. The lowest BCUT2D eigenvalue weighted by molar-refractivity contribution is -0.139. The van der Waals surface area contributed by atoms with Crippen LogP contribution in [-0.4, -0.2) is 41.6 Å². The first-order chi connectivity index (χ1) is 9.43. The van der Waals surface area contributed by atoms with Crippen LogP contribution >= 0.6 is 11.6 Å². The van der Waals surface area contributed by atoms with Crippen molar-refractivity contribution in [3.8, 4) is 5.75 Å². The summed E-state index contributed by atoms with van der Waals surface area (Å²) in [6.07, 6.45) is -0.0699. The van der Waals surface area contributed by atoms with E-state index in [2.05, 4.69) is 0 Å². The molecule has 5 nitrogen and oxygen atoms in total. The highest BCUT2D eigenvalue weighted by Crippen LogP contribution is 2.21. The molecular weight excluding hydrogens is 282 g/mol. The van der Waals surface area contributed by atoms with Gasteiger partial charge in [-0.1, -0.05) is 11.6 Å². The number of carbonyl (C=O) groups is 2. The van der Waals surface area contributed by atoms with Crippen molar-refractivity contribution in [1.82, 2.24) is 4.90 Å². The number of likely N-dealkylation sites (N-methyl/N-ethyl adjacent to an activating group) is 1. The number of benzene rings is 1. The Hall–Kier alpha value is -1.75. The number of carboxylic acids is 1. The molecule has 1 rings (SSSR count). The summed E-state index contributed by atoms with van der Waals surface area (Å²) in [6, 6.07) is 5.15. The van der Waals surface area contributed by atoms with Crippen molar-refractivity contribution in [3.05, 3.63) is 28.8 Å². The van der Waals surface area contributed by atoms with Crippen LogP contribution in [0.3, 0.4) is 0 Å². The predicted molar refractivity (Wildman–Crippen MR) is 76.2 cm³/mol. The van der Waals surface area contributed by atoms with E-state index >= 15 is 0 Å². The topological polar surface area (TPSA) is 66.8 Å². The number of aliphatic carboxylic acids is 1. The van der Waals surface area contributed by atoms with Crippen LogP contribution in [0.4, 0.5) is 0 Å². The van der Waals surface area contributed by atoms with Gasteiger partial charge in [-0.25, -0.2) is 0 Å². The Kier molecular flexibility index (Phi) is 6.31. The van der Waals surface area contributed by atoms with Gasteiger partial charge in [-0.05, 0) is 37.6 Å². The lowest BCUT2D eigenvalue weighted by atomic mass is 10.2. The van der Waals surface area contributed by atoms with Crippen LogP contribution in [0.1, 0.15) is 18.9 Å². The number of aryl methyl sites for hydroxylation is 1. The van der Waals surface area contributed by atoms with Crippen molar-refractivity contribution in [2.75, 3.05) is 19.7 Å². The quantitative estimate of drug-likeness (QED) is 0.839. The molecule has 0 aliphatic rings. The van der Waals surface area contributed by atoms with Crippen LogP contribution in [0.25, 0.3) is 0 Å². The summed E-state index contributed by atoms with van der Waals surface area (Å²) in [6.45, 7) is 4.17. The summed E-state index contributed by atoms with van der Waals surface area (Å²) in [4.78, 5) is 23.9. The van der Waals surface area contributed by atoms with E-state index in [0.29, 0.717) is 17.3 Å². The second-order valence-electron chi connectivity index (χ2n) is 4.32. The molecule has 6 heteroatoms. The summed E-state index contributed by atoms with van der Waals surface area (Å²) in [7, 11) is 0. The van der Waals surface area contributed by atoms with Crippen LogP contribution in [0.15, 0.2) is 18.2 Å². The molecule has 1 aromatic carbocycles. The van der Waals surface area contributed by atoms with Gasteiger partial charge in [-0.2, -0.15) is 0 Å². The third kappa shape index (κ3) is 5.09. The maximum atomic E-state index is 11.9. The minimum atomic E-state index is -0.925. The number of nitrogens with zero attached hydrogens (tertiary/aromatic N) is 1. The highest BCUT2D eigenvalue weighted by molar-refractivity contribution is 6.30. The molecule has 0 aliphatic carbocycles. The molecule has 20 heavy (non-hydrogen) atoms. The molecule has 0 bridgehead atoms. The van der Waals surface area contributed by atoms with Gasteiger partial charge < -0.3 is 14.7 Å². The Bertz CT molecular complexity index is 490. The second kappa shape index (κ2) is 7.75. The maximum absolute atomic E-state index is 11.9. The first-order valence-electron chi connectivity index (χ1n) is 6.32. The number of ether oxygens (including phenoxy) is 1. The monoisotopic (exact) mass is 299 g/mol. The molecule has 0 radical (unpaired) electrons. The second-order valence-corrected chi connectivity index (χ2v) is 4.75. The summed E-state index contributed by atoms with van der Waals surface area (Å²) >= 11 is 5.84. The van der Waals surface area contributed by atoms with Crippen molar-refractivity contribution in [3.63, 3.8) is 0 Å². The smallest absolute Gasteiger partial charge is 0.305 e. The average Bonchev–Trinajstić information content (AvgIpc) is 2.38. The number of carbonyl (C=O) groups excluding carboxylic acids is 1. The Morgan fingerprint density at radius 3 is 2.65 bits per heavy atom. The molecule has 0 saturated heterocycles. The van der Waals surface area contributed by atoms with Crippen LogP contribution in [0.2, 0.25) is 5.02 Å². The minimum absolute atomic E-state index is 0.0699. The van der Waals surface area contributed by atoms with Crippen molar-refractivity contribution >= 4 is 23.5 Å². The number of hydrogen-bond acceptors (Lipinski definition) is 3. The SMILES string of the molecule is CCN(CCC(=O)O)C(=O)COc1ccc(Cl)cc1C. The van der Waals surface area contributed by atoms with E-state index in [1.807, 2.05) is 6.92 Å². The Labute approximate surface area is 123 Å². The summed E-state index contributed by atoms with van der Waals surface area (Å²) in [5, 5.41) is 9.24. The van der Waals surface area contributed by atoms with Gasteiger partial charge in [-0.15, -0.1) is 0 Å². The largest absolute Gasteiger partial charge is 0.483 e. The molecule has 0 spiro atoms. The van der Waals surface area contributed by atoms with E-state index in [9.17, 15) is 9.59 Å². The van der Waals surface area contributed by atoms with E-state index in [4.69, 9.17) is 21.4 Å². The summed E-state index contributed by atoms with van der Waals surface area (Å²) in [5.74, 6) is -0.564. The van der Waals surface area contributed by atoms with Gasteiger partial charge in [0.25, 0.3) is 5.91 Å². The fourth-order valence-electron chi connectivity index (χ4n) is 1.70. The fourth-order valence-corrected chi connectivity index (χ4v) is 1.92. The van der Waals surface area contributed by atoms with Gasteiger partial charge in [0.15, 0.2) is 6.61 Å². The third-order valence-corrected chi connectivity index (χ3v) is 3.05. The van der Waals surface area contributed by atoms with E-state index in [0.717, 1.165) is 5.56 Å². The number of rotatable bonds is 7. The number of amides is 1. The summed E-state index contributed by atoms with van der Waals surface area (Å²) < 4.78 is 5.45. The zero-order valence-electron chi connectivity index (χ0n) is 11.6. The lowest BCUT2D eigenvalue weighted by Crippen LogP contribution is -2.36. The van der Waals surface area contributed by atoms with E-state index in [1.165, 1.54) is 4.90 Å². The molecule has 0 heterocycles. The fraction of sp³-hybridized carbons (Fsp3) is 0.429. The minimum Gasteiger partial charge on any atom is -0.483 e. The first kappa shape index (κ1) is 16.3. The van der Waals surface area contributed by atoms with Gasteiger partial charge in [0, 0.05) is 18.1 Å².